The third-order valence-corrected chi connectivity index (χ3v) is 3.69. The number of rotatable bonds is 2. The summed E-state index contributed by atoms with van der Waals surface area (Å²) >= 11 is 4.75. The first-order chi connectivity index (χ1) is 9.58. The number of nitrogens with zero attached hydrogens (tertiary/aromatic N) is 1. The lowest BCUT2D eigenvalue weighted by molar-refractivity contribution is 0.581. The Balaban J connectivity index is 2.11. The molecular formula is C15H12F2N2S. The molecule has 20 heavy (non-hydrogen) atoms. The van der Waals surface area contributed by atoms with Crippen LogP contribution in [0.3, 0.4) is 0 Å². The van der Waals surface area contributed by atoms with E-state index in [1.54, 1.807) is 4.90 Å². The maximum absolute atomic E-state index is 14.2. The molecule has 0 atom stereocenters. The molecule has 0 aromatic heterocycles. The van der Waals surface area contributed by atoms with Crippen molar-refractivity contribution in [3.63, 3.8) is 0 Å². The smallest absolute Gasteiger partial charge is 0.150 e. The largest absolute Gasteiger partial charge is 0.389 e. The maximum Gasteiger partial charge on any atom is 0.150 e. The Labute approximate surface area is 120 Å². The summed E-state index contributed by atoms with van der Waals surface area (Å²) in [7, 11) is 0. The minimum atomic E-state index is -0.649. The van der Waals surface area contributed by atoms with Crippen molar-refractivity contribution in [2.45, 2.75) is 6.42 Å². The summed E-state index contributed by atoms with van der Waals surface area (Å²) in [6.07, 6.45) is 0.770. The van der Waals surface area contributed by atoms with Crippen LogP contribution in [0.2, 0.25) is 0 Å². The number of hydrogen-bond donors (Lipinski definition) is 1. The Morgan fingerprint density at radius 2 is 1.80 bits per heavy atom. The van der Waals surface area contributed by atoms with Crippen LogP contribution in [0.15, 0.2) is 36.4 Å². The lowest BCUT2D eigenvalue weighted by Crippen LogP contribution is -2.18. The van der Waals surface area contributed by atoms with Crippen LogP contribution >= 0.6 is 12.2 Å². The van der Waals surface area contributed by atoms with Crippen LogP contribution in [0, 0.1) is 11.6 Å². The van der Waals surface area contributed by atoms with Crippen LogP contribution < -0.4 is 10.6 Å². The summed E-state index contributed by atoms with van der Waals surface area (Å²) in [5, 5.41) is 0. The molecule has 2 nitrogen and oxygen atoms in total. The van der Waals surface area contributed by atoms with Crippen LogP contribution in [-0.2, 0) is 6.42 Å². The molecule has 0 radical (unpaired) electrons. The van der Waals surface area contributed by atoms with Gasteiger partial charge < -0.3 is 10.6 Å². The number of hydrogen-bond acceptors (Lipinski definition) is 2. The highest BCUT2D eigenvalue weighted by molar-refractivity contribution is 7.80. The molecule has 0 amide bonds. The van der Waals surface area contributed by atoms with Gasteiger partial charge in [-0.3, -0.25) is 0 Å². The third kappa shape index (κ3) is 2.04. The molecule has 0 spiro atoms. The average Bonchev–Trinajstić information content (AvgIpc) is 2.82. The van der Waals surface area contributed by atoms with Gasteiger partial charge >= 0.3 is 0 Å². The third-order valence-electron chi connectivity index (χ3n) is 3.46. The number of fused-ring (bicyclic) bond motifs is 1. The first kappa shape index (κ1) is 13.0. The molecule has 0 saturated heterocycles. The van der Waals surface area contributed by atoms with E-state index in [1.165, 1.54) is 12.1 Å². The second kappa shape index (κ2) is 4.83. The van der Waals surface area contributed by atoms with Crippen molar-refractivity contribution < 1.29 is 8.78 Å². The van der Waals surface area contributed by atoms with Crippen molar-refractivity contribution in [3.05, 3.63) is 59.2 Å². The van der Waals surface area contributed by atoms with Crippen LogP contribution in [0.25, 0.3) is 0 Å². The second-order valence-electron chi connectivity index (χ2n) is 4.68. The zero-order valence-corrected chi connectivity index (χ0v) is 11.4. The van der Waals surface area contributed by atoms with Gasteiger partial charge in [-0.25, -0.2) is 8.78 Å². The van der Waals surface area contributed by atoms with Gasteiger partial charge in [0.1, 0.15) is 10.7 Å². The van der Waals surface area contributed by atoms with Crippen molar-refractivity contribution in [2.24, 2.45) is 5.73 Å². The van der Waals surface area contributed by atoms with E-state index in [-0.39, 0.29) is 16.2 Å². The molecule has 1 heterocycles. The molecule has 0 saturated carbocycles. The molecule has 0 aliphatic carbocycles. The maximum atomic E-state index is 14.2. The standard InChI is InChI=1S/C15H12F2N2S/c16-11-7-10(15(18)20)8-12(17)14(11)19-6-5-9-3-1-2-4-13(9)19/h1-4,7-8H,5-6H2,(H2,18,20). The predicted octanol–water partition coefficient (Wildman–Crippen LogP) is 3.29. The SMILES string of the molecule is NC(=S)c1cc(F)c(N2CCc3ccccc32)c(F)c1. The Bertz CT molecular complexity index is 677. The van der Waals surface area contributed by atoms with E-state index in [9.17, 15) is 8.78 Å². The fraction of sp³-hybridized carbons (Fsp3) is 0.133. The van der Waals surface area contributed by atoms with Crippen molar-refractivity contribution >= 4 is 28.6 Å². The highest BCUT2D eigenvalue weighted by Gasteiger charge is 2.25. The van der Waals surface area contributed by atoms with Crippen LogP contribution in [0.1, 0.15) is 11.1 Å². The van der Waals surface area contributed by atoms with Gasteiger partial charge in [0.15, 0.2) is 11.6 Å². The normalized spacial score (nSPS) is 13.4. The van der Waals surface area contributed by atoms with E-state index < -0.39 is 11.6 Å². The Hall–Kier alpha value is -2.01. The Morgan fingerprint density at radius 1 is 1.15 bits per heavy atom. The molecule has 5 heteroatoms. The molecular weight excluding hydrogens is 278 g/mol. The topological polar surface area (TPSA) is 29.3 Å². The Morgan fingerprint density at radius 3 is 2.45 bits per heavy atom. The summed E-state index contributed by atoms with van der Waals surface area (Å²) in [6, 6.07) is 9.97. The predicted molar refractivity (Wildman–Crippen MR) is 79.4 cm³/mol. The Kier molecular flexibility index (Phi) is 3.14. The van der Waals surface area contributed by atoms with E-state index in [4.69, 9.17) is 18.0 Å². The van der Waals surface area contributed by atoms with E-state index in [0.29, 0.717) is 6.54 Å². The quantitative estimate of drug-likeness (QED) is 0.861. The van der Waals surface area contributed by atoms with Gasteiger partial charge in [-0.05, 0) is 30.2 Å². The van der Waals surface area contributed by atoms with Gasteiger partial charge in [0, 0.05) is 17.8 Å². The van der Waals surface area contributed by atoms with E-state index in [2.05, 4.69) is 0 Å². The number of thiocarbonyl (C=S) groups is 1. The fourth-order valence-electron chi connectivity index (χ4n) is 2.54. The minimum absolute atomic E-state index is 0.0174. The average molecular weight is 290 g/mol. The number of benzene rings is 2. The first-order valence-corrected chi connectivity index (χ1v) is 6.63. The number of para-hydroxylation sites is 1. The fourth-order valence-corrected chi connectivity index (χ4v) is 2.65. The van der Waals surface area contributed by atoms with E-state index in [0.717, 1.165) is 17.7 Å². The van der Waals surface area contributed by atoms with Gasteiger partial charge in [0.25, 0.3) is 0 Å². The summed E-state index contributed by atoms with van der Waals surface area (Å²) in [6.45, 7) is 0.555. The molecule has 2 aromatic carbocycles. The van der Waals surface area contributed by atoms with Crippen molar-refractivity contribution in [1.29, 1.82) is 0 Å². The summed E-state index contributed by atoms with van der Waals surface area (Å²) in [5.74, 6) is -1.30. The minimum Gasteiger partial charge on any atom is -0.389 e. The van der Waals surface area contributed by atoms with Gasteiger partial charge in [0.05, 0.1) is 0 Å². The molecule has 1 aliphatic rings. The van der Waals surface area contributed by atoms with Crippen molar-refractivity contribution in [1.82, 2.24) is 0 Å². The molecule has 0 unspecified atom stereocenters. The van der Waals surface area contributed by atoms with E-state index >= 15 is 0 Å². The molecule has 2 aromatic rings. The molecule has 1 aliphatic heterocycles. The molecule has 2 N–H and O–H groups in total. The lowest BCUT2D eigenvalue weighted by atomic mass is 10.1. The lowest BCUT2D eigenvalue weighted by Gasteiger charge is -2.21. The van der Waals surface area contributed by atoms with Crippen LogP contribution in [0.5, 0.6) is 0 Å². The highest BCUT2D eigenvalue weighted by Crippen LogP contribution is 2.37. The summed E-state index contributed by atoms with van der Waals surface area (Å²) in [4.78, 5) is 1.64. The van der Waals surface area contributed by atoms with Gasteiger partial charge in [0.2, 0.25) is 0 Å². The van der Waals surface area contributed by atoms with Gasteiger partial charge in [-0.2, -0.15) is 0 Å². The van der Waals surface area contributed by atoms with Crippen molar-refractivity contribution in [2.75, 3.05) is 11.4 Å². The summed E-state index contributed by atoms with van der Waals surface area (Å²) < 4.78 is 28.4. The van der Waals surface area contributed by atoms with Gasteiger partial charge in [-0.1, -0.05) is 30.4 Å². The summed E-state index contributed by atoms with van der Waals surface area (Å²) in [5.41, 5.74) is 7.50. The van der Waals surface area contributed by atoms with Crippen molar-refractivity contribution in [3.8, 4) is 0 Å². The zero-order valence-electron chi connectivity index (χ0n) is 10.6. The number of nitrogens with two attached hydrogens (primary N) is 1. The zero-order chi connectivity index (χ0) is 14.3. The molecule has 102 valence electrons. The second-order valence-corrected chi connectivity index (χ2v) is 5.12. The first-order valence-electron chi connectivity index (χ1n) is 6.22. The highest BCUT2D eigenvalue weighted by atomic mass is 32.1. The molecule has 0 fully saturated rings. The molecule has 3 rings (SSSR count). The molecule has 0 bridgehead atoms. The van der Waals surface area contributed by atoms with Crippen LogP contribution in [-0.4, -0.2) is 11.5 Å². The van der Waals surface area contributed by atoms with Gasteiger partial charge in [-0.15, -0.1) is 0 Å². The van der Waals surface area contributed by atoms with E-state index in [1.807, 2.05) is 24.3 Å². The monoisotopic (exact) mass is 290 g/mol. The van der Waals surface area contributed by atoms with Crippen LogP contribution in [0.4, 0.5) is 20.2 Å². The number of anilines is 2. The number of halogens is 2.